The van der Waals surface area contributed by atoms with Crippen LogP contribution in [0.4, 0.5) is 5.82 Å². The van der Waals surface area contributed by atoms with Gasteiger partial charge in [0.1, 0.15) is 22.8 Å². The number of rotatable bonds is 5. The first-order valence-electron chi connectivity index (χ1n) is 9.78. The maximum atomic E-state index is 9.78. The summed E-state index contributed by atoms with van der Waals surface area (Å²) in [5, 5.41) is 13.7. The van der Waals surface area contributed by atoms with Crippen LogP contribution in [0.5, 0.6) is 11.5 Å². The molecule has 1 aliphatic heterocycles. The van der Waals surface area contributed by atoms with E-state index in [9.17, 15) is 5.26 Å². The molecule has 0 amide bonds. The molecule has 6 nitrogen and oxygen atoms in total. The fraction of sp³-hybridized carbons (Fsp3) is 0.476. The number of nitriles is 1. The Bertz CT molecular complexity index is 906. The lowest BCUT2D eigenvalue weighted by molar-refractivity contribution is 0.367. The lowest BCUT2D eigenvalue weighted by Crippen LogP contribution is -2.53. The fourth-order valence-corrected chi connectivity index (χ4v) is 3.71. The third-order valence-electron chi connectivity index (χ3n) is 5.32. The van der Waals surface area contributed by atoms with Gasteiger partial charge in [-0.1, -0.05) is 25.4 Å². The van der Waals surface area contributed by atoms with Gasteiger partial charge in [0.15, 0.2) is 5.75 Å². The lowest BCUT2D eigenvalue weighted by atomic mass is 10.0. The third-order valence-corrected chi connectivity index (χ3v) is 5.52. The van der Waals surface area contributed by atoms with Gasteiger partial charge < -0.3 is 15.0 Å². The van der Waals surface area contributed by atoms with E-state index in [0.717, 1.165) is 44.0 Å². The summed E-state index contributed by atoms with van der Waals surface area (Å²) in [6.07, 6.45) is 3.80. The molecule has 28 heavy (non-hydrogen) atoms. The van der Waals surface area contributed by atoms with Gasteiger partial charge in [-0.3, -0.25) is 0 Å². The highest BCUT2D eigenvalue weighted by Gasteiger charge is 2.32. The van der Waals surface area contributed by atoms with Crippen LogP contribution in [0.2, 0.25) is 5.15 Å². The fourth-order valence-electron chi connectivity index (χ4n) is 3.55. The van der Waals surface area contributed by atoms with Crippen molar-refractivity contribution in [1.82, 2.24) is 15.3 Å². The number of hydrogen-bond donors (Lipinski definition) is 1. The van der Waals surface area contributed by atoms with Crippen molar-refractivity contribution in [3.05, 3.63) is 40.8 Å². The second kappa shape index (κ2) is 7.94. The Morgan fingerprint density at radius 1 is 1.36 bits per heavy atom. The van der Waals surface area contributed by atoms with E-state index in [-0.39, 0.29) is 0 Å². The van der Waals surface area contributed by atoms with Gasteiger partial charge in [-0.25, -0.2) is 9.97 Å². The van der Waals surface area contributed by atoms with Crippen molar-refractivity contribution >= 4 is 17.4 Å². The van der Waals surface area contributed by atoms with Crippen LogP contribution >= 0.6 is 11.6 Å². The Hall–Kier alpha value is -2.36. The van der Waals surface area contributed by atoms with E-state index in [4.69, 9.17) is 21.3 Å². The molecule has 2 fully saturated rings. The quantitative estimate of drug-likeness (QED) is 0.765. The molecular weight excluding hydrogens is 374 g/mol. The number of ether oxygens (including phenoxy) is 1. The van der Waals surface area contributed by atoms with Gasteiger partial charge in [0.25, 0.3) is 0 Å². The van der Waals surface area contributed by atoms with E-state index in [1.54, 1.807) is 18.3 Å². The van der Waals surface area contributed by atoms with Crippen molar-refractivity contribution in [3.63, 3.8) is 0 Å². The highest BCUT2D eigenvalue weighted by Crippen LogP contribution is 2.45. The van der Waals surface area contributed by atoms with Crippen LogP contribution in [0, 0.1) is 17.2 Å². The number of hydrogen-bond acceptors (Lipinski definition) is 6. The monoisotopic (exact) mass is 397 g/mol. The molecule has 1 aliphatic carbocycles. The first kappa shape index (κ1) is 19.0. The molecule has 1 atom stereocenters. The topological polar surface area (TPSA) is 74.1 Å². The van der Waals surface area contributed by atoms with Crippen LogP contribution in [0.3, 0.4) is 0 Å². The van der Waals surface area contributed by atoms with Gasteiger partial charge in [0.2, 0.25) is 0 Å². The lowest BCUT2D eigenvalue weighted by Gasteiger charge is -2.37. The van der Waals surface area contributed by atoms with Gasteiger partial charge in [-0.15, -0.1) is 0 Å². The van der Waals surface area contributed by atoms with Gasteiger partial charge >= 0.3 is 0 Å². The normalized spacial score (nSPS) is 19.5. The van der Waals surface area contributed by atoms with Gasteiger partial charge in [-0.05, 0) is 24.8 Å². The second-order valence-electron chi connectivity index (χ2n) is 7.80. The van der Waals surface area contributed by atoms with E-state index >= 15 is 0 Å². The zero-order chi connectivity index (χ0) is 19.7. The maximum absolute atomic E-state index is 9.78. The zero-order valence-electron chi connectivity index (χ0n) is 16.2. The van der Waals surface area contributed by atoms with Crippen LogP contribution in [0.15, 0.2) is 24.4 Å². The molecule has 0 bridgehead atoms. The summed E-state index contributed by atoms with van der Waals surface area (Å²) in [5.74, 6) is 2.93. The summed E-state index contributed by atoms with van der Waals surface area (Å²) in [6, 6.07) is 7.96. The van der Waals surface area contributed by atoms with Gasteiger partial charge in [0, 0.05) is 49.9 Å². The first-order valence-corrected chi connectivity index (χ1v) is 10.2. The van der Waals surface area contributed by atoms with Gasteiger partial charge in [-0.2, -0.15) is 5.26 Å². The number of aromatic nitrogens is 2. The van der Waals surface area contributed by atoms with E-state index in [2.05, 4.69) is 35.1 Å². The summed E-state index contributed by atoms with van der Waals surface area (Å²) in [6.45, 7) is 7.01. The largest absolute Gasteiger partial charge is 0.455 e. The Labute approximate surface area is 170 Å². The van der Waals surface area contributed by atoms with Gasteiger partial charge in [0.05, 0.1) is 11.3 Å². The average Bonchev–Trinajstić information content (AvgIpc) is 3.53. The standard InChI is InChI=1S/C21H24ClN5O/c1-13(2)17-12-27(8-7-24-17)21-15(11-23)9-18(20(26-21)14-3-4-14)28-16-5-6-25-19(22)10-16/h5-6,9-10,13-14,17,24H,3-4,7-8,12H2,1-2H3. The number of pyridine rings is 2. The molecule has 3 heterocycles. The molecule has 1 N–H and O–H groups in total. The summed E-state index contributed by atoms with van der Waals surface area (Å²) in [5.41, 5.74) is 1.48. The van der Waals surface area contributed by atoms with E-state index in [0.29, 0.717) is 40.1 Å². The molecule has 4 rings (SSSR count). The van der Waals surface area contributed by atoms with Crippen LogP contribution in [0.1, 0.15) is 43.9 Å². The highest BCUT2D eigenvalue weighted by atomic mass is 35.5. The zero-order valence-corrected chi connectivity index (χ0v) is 16.9. The molecule has 2 aromatic heterocycles. The smallest absolute Gasteiger partial charge is 0.150 e. The minimum atomic E-state index is 0.371. The highest BCUT2D eigenvalue weighted by molar-refractivity contribution is 6.29. The molecule has 2 aliphatic rings. The number of anilines is 1. The van der Waals surface area contributed by atoms with Crippen molar-refractivity contribution in [2.75, 3.05) is 24.5 Å². The molecule has 146 valence electrons. The van der Waals surface area contributed by atoms with Crippen LogP contribution in [-0.4, -0.2) is 35.6 Å². The van der Waals surface area contributed by atoms with Crippen molar-refractivity contribution in [1.29, 1.82) is 5.26 Å². The van der Waals surface area contributed by atoms with Crippen LogP contribution in [-0.2, 0) is 0 Å². The van der Waals surface area contributed by atoms with Crippen molar-refractivity contribution in [3.8, 4) is 17.6 Å². The SMILES string of the molecule is CC(C)C1CN(c2nc(C3CC3)c(Oc3ccnc(Cl)c3)cc2C#N)CCN1. The number of nitrogens with one attached hydrogen (secondary N) is 1. The molecule has 7 heteroatoms. The summed E-state index contributed by atoms with van der Waals surface area (Å²) in [7, 11) is 0. The molecule has 1 unspecified atom stereocenters. The minimum absolute atomic E-state index is 0.371. The summed E-state index contributed by atoms with van der Waals surface area (Å²) >= 11 is 5.98. The van der Waals surface area contributed by atoms with Crippen molar-refractivity contribution < 1.29 is 4.74 Å². The van der Waals surface area contributed by atoms with Crippen LogP contribution in [0.25, 0.3) is 0 Å². The Kier molecular flexibility index (Phi) is 5.38. The number of halogens is 1. The van der Waals surface area contributed by atoms with Crippen molar-refractivity contribution in [2.24, 2.45) is 5.92 Å². The van der Waals surface area contributed by atoms with E-state index in [1.807, 2.05) is 6.07 Å². The minimum Gasteiger partial charge on any atom is -0.455 e. The van der Waals surface area contributed by atoms with E-state index in [1.165, 1.54) is 0 Å². The average molecular weight is 398 g/mol. The molecule has 1 saturated heterocycles. The number of piperazine rings is 1. The van der Waals surface area contributed by atoms with E-state index < -0.39 is 0 Å². The summed E-state index contributed by atoms with van der Waals surface area (Å²) in [4.78, 5) is 11.2. The van der Waals surface area contributed by atoms with Crippen LogP contribution < -0.4 is 15.0 Å². The maximum Gasteiger partial charge on any atom is 0.150 e. The predicted molar refractivity (Wildman–Crippen MR) is 109 cm³/mol. The Balaban J connectivity index is 1.69. The molecule has 2 aromatic rings. The Morgan fingerprint density at radius 2 is 2.18 bits per heavy atom. The number of nitrogens with zero attached hydrogens (tertiary/aromatic N) is 4. The third kappa shape index (κ3) is 4.06. The Morgan fingerprint density at radius 3 is 2.86 bits per heavy atom. The molecule has 1 saturated carbocycles. The first-order chi connectivity index (χ1) is 13.5. The molecule has 0 spiro atoms. The molecular formula is C21H24ClN5O. The molecule has 0 aromatic carbocycles. The predicted octanol–water partition coefficient (Wildman–Crippen LogP) is 4.11. The van der Waals surface area contributed by atoms with Crippen molar-refractivity contribution in [2.45, 2.75) is 38.6 Å². The second-order valence-corrected chi connectivity index (χ2v) is 8.18. The summed E-state index contributed by atoms with van der Waals surface area (Å²) < 4.78 is 6.07. The molecule has 0 radical (unpaired) electrons.